The van der Waals surface area contributed by atoms with Gasteiger partial charge in [0.1, 0.15) is 5.01 Å². The maximum absolute atomic E-state index is 11.8. The number of aromatic nitrogens is 1. The molecule has 0 fully saturated rings. The highest BCUT2D eigenvalue weighted by Gasteiger charge is 2.16. The molecule has 96 valence electrons. The van der Waals surface area contributed by atoms with Gasteiger partial charge in [0.2, 0.25) is 5.91 Å². The highest BCUT2D eigenvalue weighted by atomic mass is 32.1. The molecule has 17 heavy (non-hydrogen) atoms. The van der Waals surface area contributed by atoms with Crippen LogP contribution in [0.25, 0.3) is 0 Å². The van der Waals surface area contributed by atoms with Crippen LogP contribution in [0.3, 0.4) is 0 Å². The van der Waals surface area contributed by atoms with Crippen LogP contribution in [0, 0.1) is 0 Å². The Bertz CT molecular complexity index is 343. The molecule has 1 amide bonds. The highest BCUT2D eigenvalue weighted by Crippen LogP contribution is 2.18. The number of carbonyl (C=O) groups excluding carboxylic acids is 1. The summed E-state index contributed by atoms with van der Waals surface area (Å²) < 4.78 is 0. The van der Waals surface area contributed by atoms with E-state index in [4.69, 9.17) is 0 Å². The molecule has 0 aliphatic carbocycles. The fourth-order valence-corrected chi connectivity index (χ4v) is 2.11. The van der Waals surface area contributed by atoms with Gasteiger partial charge in [-0.1, -0.05) is 6.92 Å². The average molecular weight is 255 g/mol. The first-order chi connectivity index (χ1) is 7.92. The van der Waals surface area contributed by atoms with Gasteiger partial charge in [-0.15, -0.1) is 11.3 Å². The lowest BCUT2D eigenvalue weighted by molar-refractivity contribution is -0.121. The Morgan fingerprint density at radius 3 is 2.71 bits per heavy atom. The van der Waals surface area contributed by atoms with Gasteiger partial charge >= 0.3 is 0 Å². The zero-order valence-electron chi connectivity index (χ0n) is 10.9. The van der Waals surface area contributed by atoms with E-state index < -0.39 is 0 Å². The van der Waals surface area contributed by atoms with Crippen LogP contribution in [0.15, 0.2) is 11.6 Å². The number of rotatable bonds is 5. The summed E-state index contributed by atoms with van der Waals surface area (Å²) >= 11 is 1.57. The number of nitrogens with one attached hydrogen (secondary N) is 2. The topological polar surface area (TPSA) is 54.0 Å². The largest absolute Gasteiger partial charge is 0.346 e. The molecule has 1 rings (SSSR count). The average Bonchev–Trinajstić information content (AvgIpc) is 2.75. The normalized spacial score (nSPS) is 13.4. The highest BCUT2D eigenvalue weighted by molar-refractivity contribution is 7.09. The molecule has 0 spiro atoms. The van der Waals surface area contributed by atoms with E-state index in [0.717, 1.165) is 11.4 Å². The van der Waals surface area contributed by atoms with Crippen LogP contribution >= 0.6 is 11.3 Å². The summed E-state index contributed by atoms with van der Waals surface area (Å²) in [5, 5.41) is 9.05. The van der Waals surface area contributed by atoms with Crippen molar-refractivity contribution in [1.82, 2.24) is 15.6 Å². The van der Waals surface area contributed by atoms with Crippen LogP contribution < -0.4 is 10.6 Å². The molecule has 1 heterocycles. The molecule has 0 saturated carbocycles. The number of thiazole rings is 1. The van der Waals surface area contributed by atoms with Gasteiger partial charge in [0, 0.05) is 17.1 Å². The minimum Gasteiger partial charge on any atom is -0.346 e. The lowest BCUT2D eigenvalue weighted by Gasteiger charge is -2.21. The van der Waals surface area contributed by atoms with E-state index in [-0.39, 0.29) is 17.5 Å². The summed E-state index contributed by atoms with van der Waals surface area (Å²) in [6, 6.07) is 0.0317. The van der Waals surface area contributed by atoms with Gasteiger partial charge < -0.3 is 10.6 Å². The van der Waals surface area contributed by atoms with Gasteiger partial charge in [0.15, 0.2) is 0 Å². The van der Waals surface area contributed by atoms with E-state index in [1.807, 2.05) is 33.1 Å². The Balaban J connectivity index is 2.44. The zero-order chi connectivity index (χ0) is 12.9. The zero-order valence-corrected chi connectivity index (χ0v) is 11.7. The predicted molar refractivity (Wildman–Crippen MR) is 71.0 cm³/mol. The molecule has 1 unspecified atom stereocenters. The smallest absolute Gasteiger partial charge is 0.234 e. The van der Waals surface area contributed by atoms with E-state index in [1.165, 1.54) is 0 Å². The molecule has 1 aromatic heterocycles. The van der Waals surface area contributed by atoms with Gasteiger partial charge in [-0.2, -0.15) is 0 Å². The van der Waals surface area contributed by atoms with E-state index in [2.05, 4.69) is 15.6 Å². The molecule has 0 saturated heterocycles. The van der Waals surface area contributed by atoms with Crippen LogP contribution in [-0.2, 0) is 4.79 Å². The molecule has 5 heteroatoms. The van der Waals surface area contributed by atoms with Crippen LogP contribution in [0.4, 0.5) is 0 Å². The second kappa shape index (κ2) is 6.12. The van der Waals surface area contributed by atoms with Crippen molar-refractivity contribution in [1.29, 1.82) is 0 Å². The lowest BCUT2D eigenvalue weighted by Crippen LogP contribution is -2.44. The second-order valence-electron chi connectivity index (χ2n) is 5.00. The summed E-state index contributed by atoms with van der Waals surface area (Å²) in [4.78, 5) is 16.0. The minimum absolute atomic E-state index is 0.0157. The predicted octanol–water partition coefficient (Wildman–Crippen LogP) is 2.10. The summed E-state index contributed by atoms with van der Waals surface area (Å²) in [5.41, 5.74) is -0.0414. The maximum atomic E-state index is 11.8. The van der Waals surface area contributed by atoms with Crippen LogP contribution in [-0.4, -0.2) is 23.0 Å². The monoisotopic (exact) mass is 255 g/mol. The lowest BCUT2D eigenvalue weighted by atomic mass is 10.1. The van der Waals surface area contributed by atoms with Crippen LogP contribution in [0.2, 0.25) is 0 Å². The molecular formula is C12H21N3OS. The molecule has 2 N–H and O–H groups in total. The molecule has 0 aromatic carbocycles. The Kier molecular flexibility index (Phi) is 5.08. The van der Waals surface area contributed by atoms with Gasteiger partial charge in [-0.05, 0) is 27.2 Å². The first kappa shape index (κ1) is 14.1. The van der Waals surface area contributed by atoms with Crippen molar-refractivity contribution in [2.24, 2.45) is 0 Å². The van der Waals surface area contributed by atoms with Crippen LogP contribution in [0.5, 0.6) is 0 Å². The van der Waals surface area contributed by atoms with E-state index in [1.54, 1.807) is 17.5 Å². The fraction of sp³-hybridized carbons (Fsp3) is 0.667. The van der Waals surface area contributed by atoms with Gasteiger partial charge in [-0.3, -0.25) is 4.79 Å². The van der Waals surface area contributed by atoms with E-state index in [0.29, 0.717) is 6.54 Å². The number of hydrogen-bond donors (Lipinski definition) is 2. The summed E-state index contributed by atoms with van der Waals surface area (Å²) in [6.07, 6.45) is 2.62. The van der Waals surface area contributed by atoms with Crippen molar-refractivity contribution in [2.75, 3.05) is 6.54 Å². The fourth-order valence-electron chi connectivity index (χ4n) is 1.34. The van der Waals surface area contributed by atoms with Crippen molar-refractivity contribution in [2.45, 2.75) is 45.7 Å². The van der Waals surface area contributed by atoms with E-state index in [9.17, 15) is 4.79 Å². The third kappa shape index (κ3) is 5.28. The minimum atomic E-state index is -0.0414. The van der Waals surface area contributed by atoms with Gasteiger partial charge in [-0.25, -0.2) is 4.98 Å². The third-order valence-corrected chi connectivity index (χ3v) is 3.16. The number of nitrogens with zero attached hydrogens (tertiary/aromatic N) is 1. The quantitative estimate of drug-likeness (QED) is 0.847. The van der Waals surface area contributed by atoms with Crippen molar-refractivity contribution in [3.63, 3.8) is 0 Å². The molecule has 0 bridgehead atoms. The van der Waals surface area contributed by atoms with Crippen LogP contribution in [0.1, 0.15) is 45.2 Å². The molecule has 1 atom stereocenters. The maximum Gasteiger partial charge on any atom is 0.234 e. The number of amides is 1. The molecule has 0 aliphatic heterocycles. The molecular weight excluding hydrogens is 234 g/mol. The summed E-state index contributed by atoms with van der Waals surface area (Å²) in [7, 11) is 0. The van der Waals surface area contributed by atoms with E-state index >= 15 is 0 Å². The van der Waals surface area contributed by atoms with Crippen molar-refractivity contribution in [3.05, 3.63) is 16.6 Å². The van der Waals surface area contributed by atoms with Crippen molar-refractivity contribution >= 4 is 17.2 Å². The number of hydrogen-bond acceptors (Lipinski definition) is 4. The second-order valence-corrected chi connectivity index (χ2v) is 5.93. The Morgan fingerprint density at radius 1 is 1.53 bits per heavy atom. The summed E-state index contributed by atoms with van der Waals surface area (Å²) in [6.45, 7) is 8.50. The Hall–Kier alpha value is -0.940. The van der Waals surface area contributed by atoms with Crippen molar-refractivity contribution in [3.8, 4) is 0 Å². The number of carbonyl (C=O) groups is 1. The Labute approximate surface area is 107 Å². The first-order valence-corrected chi connectivity index (χ1v) is 6.74. The van der Waals surface area contributed by atoms with Crippen molar-refractivity contribution < 1.29 is 4.79 Å². The Morgan fingerprint density at radius 2 is 2.24 bits per heavy atom. The standard InChI is InChI=1S/C12H21N3OS/c1-5-9(11-13-6-7-17-11)15-10(16)8-14-12(2,3)4/h6-7,9,14H,5,8H2,1-4H3,(H,15,16). The van der Waals surface area contributed by atoms with Gasteiger partial charge in [0.25, 0.3) is 0 Å². The van der Waals surface area contributed by atoms with Gasteiger partial charge in [0.05, 0.1) is 12.6 Å². The third-order valence-electron chi connectivity index (χ3n) is 2.27. The molecule has 0 aliphatic rings. The molecule has 1 aromatic rings. The SMILES string of the molecule is CCC(NC(=O)CNC(C)(C)C)c1nccs1. The molecule has 4 nitrogen and oxygen atoms in total. The summed E-state index contributed by atoms with van der Waals surface area (Å²) in [5.74, 6) is 0.0157. The first-order valence-electron chi connectivity index (χ1n) is 5.86. The molecule has 0 radical (unpaired) electrons.